The molecule has 9 heteroatoms. The molecular weight excluding hydrogens is 418 g/mol. The minimum absolute atomic E-state index is 0.0773. The smallest absolute Gasteiger partial charge is 0.251 e. The van der Waals surface area contributed by atoms with Gasteiger partial charge in [-0.25, -0.2) is 9.97 Å². The van der Waals surface area contributed by atoms with Crippen molar-refractivity contribution in [3.63, 3.8) is 0 Å². The lowest BCUT2D eigenvalue weighted by Gasteiger charge is -2.28. The first-order chi connectivity index (χ1) is 15.8. The Labute approximate surface area is 192 Å². The third-order valence-corrected chi connectivity index (χ3v) is 5.43. The minimum Gasteiger partial charge on any atom is -0.455 e. The number of carbonyl (C=O) groups excluding carboxylic acids is 1. The van der Waals surface area contributed by atoms with E-state index in [9.17, 15) is 4.79 Å². The van der Waals surface area contributed by atoms with Gasteiger partial charge < -0.3 is 31.8 Å². The summed E-state index contributed by atoms with van der Waals surface area (Å²) < 4.78 is 5.99. The first-order valence-electron chi connectivity index (χ1n) is 10.7. The van der Waals surface area contributed by atoms with Gasteiger partial charge in [-0.15, -0.1) is 0 Å². The van der Waals surface area contributed by atoms with Gasteiger partial charge in [0.05, 0.1) is 29.3 Å². The average molecular weight is 446 g/mol. The quantitative estimate of drug-likeness (QED) is 0.353. The summed E-state index contributed by atoms with van der Waals surface area (Å²) in [6, 6.07) is 11.0. The summed E-state index contributed by atoms with van der Waals surface area (Å²) in [7, 11) is 1.77. The van der Waals surface area contributed by atoms with Gasteiger partial charge in [-0.1, -0.05) is 6.07 Å². The van der Waals surface area contributed by atoms with Crippen molar-refractivity contribution >= 4 is 23.1 Å². The lowest BCUT2D eigenvalue weighted by molar-refractivity contribution is 0.0923. The second-order valence-corrected chi connectivity index (χ2v) is 8.02. The first kappa shape index (κ1) is 22.2. The molecule has 0 spiro atoms. The van der Waals surface area contributed by atoms with Crippen molar-refractivity contribution < 1.29 is 9.53 Å². The molecule has 1 aliphatic rings. The Morgan fingerprint density at radius 3 is 2.64 bits per heavy atom. The van der Waals surface area contributed by atoms with Crippen LogP contribution in [0.15, 0.2) is 42.6 Å². The molecule has 0 bridgehead atoms. The van der Waals surface area contributed by atoms with Crippen molar-refractivity contribution in [2.45, 2.75) is 19.9 Å². The number of nitrogens with zero attached hydrogens (tertiary/aromatic N) is 2. The second-order valence-electron chi connectivity index (χ2n) is 8.02. The molecule has 0 unspecified atom stereocenters. The maximum absolute atomic E-state index is 12.5. The van der Waals surface area contributed by atoms with Crippen molar-refractivity contribution in [3.8, 4) is 22.8 Å². The molecule has 33 heavy (non-hydrogen) atoms. The number of benzene rings is 1. The summed E-state index contributed by atoms with van der Waals surface area (Å²) >= 11 is 0. The van der Waals surface area contributed by atoms with Crippen molar-refractivity contribution in [2.75, 3.05) is 31.2 Å². The number of amides is 1. The zero-order chi connectivity index (χ0) is 23.5. The standard InChI is InChI=1S/C24H27N7O2/c1-13-6-15(4-5-19(13)24(32)30-16-10-28-11-16)20-7-17(9-22(26)31-20)33-18-8-21(27-3)23(14(2)25)29-12-18/h4-9,12,16,25,27-28H,10-11H2,1-3H3,(H2,26,31)(H,30,32). The van der Waals surface area contributed by atoms with E-state index in [-0.39, 0.29) is 11.9 Å². The Bertz CT molecular complexity index is 1220. The molecule has 1 aromatic carbocycles. The molecule has 1 aliphatic heterocycles. The lowest BCUT2D eigenvalue weighted by Crippen LogP contribution is -2.57. The SMILES string of the molecule is CNc1cc(Oc2cc(N)nc(-c3ccc(C(=O)NC4CNC4)c(C)c3)c2)cnc1C(C)=N. The molecule has 1 fully saturated rings. The van der Waals surface area contributed by atoms with E-state index in [0.29, 0.717) is 45.7 Å². The van der Waals surface area contributed by atoms with E-state index < -0.39 is 0 Å². The van der Waals surface area contributed by atoms with Gasteiger partial charge in [0.15, 0.2) is 0 Å². The number of carbonyl (C=O) groups is 1. The van der Waals surface area contributed by atoms with Gasteiger partial charge >= 0.3 is 0 Å². The number of nitrogen functional groups attached to an aromatic ring is 1. The fourth-order valence-electron chi connectivity index (χ4n) is 3.59. The lowest BCUT2D eigenvalue weighted by atomic mass is 10.0. The zero-order valence-electron chi connectivity index (χ0n) is 18.8. The topological polar surface area (TPSA) is 138 Å². The number of ether oxygens (including phenoxy) is 1. The van der Waals surface area contributed by atoms with E-state index in [1.807, 2.05) is 19.1 Å². The molecule has 170 valence electrons. The van der Waals surface area contributed by atoms with Gasteiger partial charge in [0.1, 0.15) is 23.0 Å². The molecule has 9 nitrogen and oxygen atoms in total. The fourth-order valence-corrected chi connectivity index (χ4v) is 3.59. The first-order valence-corrected chi connectivity index (χ1v) is 10.7. The Kier molecular flexibility index (Phi) is 6.23. The van der Waals surface area contributed by atoms with Crippen LogP contribution in [-0.4, -0.2) is 47.8 Å². The maximum atomic E-state index is 12.5. The molecule has 6 N–H and O–H groups in total. The number of rotatable bonds is 7. The predicted molar refractivity (Wildman–Crippen MR) is 129 cm³/mol. The number of hydrogen-bond donors (Lipinski definition) is 5. The van der Waals surface area contributed by atoms with Crippen molar-refractivity contribution in [3.05, 3.63) is 59.4 Å². The van der Waals surface area contributed by atoms with Crippen molar-refractivity contribution in [1.29, 1.82) is 5.41 Å². The van der Waals surface area contributed by atoms with Crippen LogP contribution in [-0.2, 0) is 0 Å². The number of aryl methyl sites for hydroxylation is 1. The average Bonchev–Trinajstić information content (AvgIpc) is 2.75. The Morgan fingerprint density at radius 2 is 2.00 bits per heavy atom. The summed E-state index contributed by atoms with van der Waals surface area (Å²) in [5, 5.41) is 17.0. The molecular formula is C24H27N7O2. The number of pyridine rings is 2. The molecule has 0 aliphatic carbocycles. The Hall–Kier alpha value is -3.98. The van der Waals surface area contributed by atoms with E-state index in [1.165, 1.54) is 0 Å². The highest BCUT2D eigenvalue weighted by atomic mass is 16.5. The second kappa shape index (κ2) is 9.25. The molecule has 3 aromatic rings. The van der Waals surface area contributed by atoms with E-state index in [1.54, 1.807) is 44.4 Å². The van der Waals surface area contributed by atoms with Crippen LogP contribution >= 0.6 is 0 Å². The van der Waals surface area contributed by atoms with E-state index >= 15 is 0 Å². The van der Waals surface area contributed by atoms with Crippen LogP contribution < -0.4 is 26.4 Å². The predicted octanol–water partition coefficient (Wildman–Crippen LogP) is 2.96. The number of nitrogens with two attached hydrogens (primary N) is 1. The fraction of sp³-hybridized carbons (Fsp3) is 0.250. The van der Waals surface area contributed by atoms with Crippen LogP contribution in [0, 0.1) is 12.3 Å². The minimum atomic E-state index is -0.0773. The number of anilines is 2. The third-order valence-electron chi connectivity index (χ3n) is 5.43. The number of nitrogens with one attached hydrogen (secondary N) is 4. The summed E-state index contributed by atoms with van der Waals surface area (Å²) in [6.45, 7) is 5.18. The third kappa shape index (κ3) is 4.93. The van der Waals surface area contributed by atoms with Gasteiger partial charge in [0.25, 0.3) is 5.91 Å². The van der Waals surface area contributed by atoms with Crippen LogP contribution in [0.3, 0.4) is 0 Å². The zero-order valence-corrected chi connectivity index (χ0v) is 18.8. The molecule has 2 aromatic heterocycles. The van der Waals surface area contributed by atoms with Crippen LogP contribution in [0.5, 0.6) is 11.5 Å². The van der Waals surface area contributed by atoms with Crippen LogP contribution in [0.2, 0.25) is 0 Å². The normalized spacial score (nSPS) is 13.2. The van der Waals surface area contributed by atoms with Crippen LogP contribution in [0.1, 0.15) is 28.5 Å². The van der Waals surface area contributed by atoms with E-state index in [0.717, 1.165) is 24.2 Å². The highest BCUT2D eigenvalue weighted by molar-refractivity contribution is 5.99. The molecule has 4 rings (SSSR count). The molecule has 1 saturated heterocycles. The molecule has 0 atom stereocenters. The highest BCUT2D eigenvalue weighted by Crippen LogP contribution is 2.30. The van der Waals surface area contributed by atoms with Gasteiger partial charge in [-0.3, -0.25) is 4.79 Å². The Morgan fingerprint density at radius 1 is 1.21 bits per heavy atom. The highest BCUT2D eigenvalue weighted by Gasteiger charge is 2.20. The summed E-state index contributed by atoms with van der Waals surface area (Å²) in [6.07, 6.45) is 1.57. The number of hydrogen-bond acceptors (Lipinski definition) is 8. The molecule has 3 heterocycles. The van der Waals surface area contributed by atoms with E-state index in [2.05, 4.69) is 25.9 Å². The van der Waals surface area contributed by atoms with Crippen LogP contribution in [0.25, 0.3) is 11.3 Å². The van der Waals surface area contributed by atoms with Crippen molar-refractivity contribution in [1.82, 2.24) is 20.6 Å². The molecule has 0 radical (unpaired) electrons. The van der Waals surface area contributed by atoms with Crippen LogP contribution in [0.4, 0.5) is 11.5 Å². The molecule has 1 amide bonds. The van der Waals surface area contributed by atoms with E-state index in [4.69, 9.17) is 15.9 Å². The summed E-state index contributed by atoms with van der Waals surface area (Å²) in [5.74, 6) is 1.26. The summed E-state index contributed by atoms with van der Waals surface area (Å²) in [5.41, 5.74) is 10.6. The number of aromatic nitrogens is 2. The van der Waals surface area contributed by atoms with Gasteiger partial charge in [0.2, 0.25) is 0 Å². The van der Waals surface area contributed by atoms with Gasteiger partial charge in [-0.2, -0.15) is 0 Å². The van der Waals surface area contributed by atoms with Gasteiger partial charge in [0, 0.05) is 49.5 Å². The summed E-state index contributed by atoms with van der Waals surface area (Å²) in [4.78, 5) is 21.3. The van der Waals surface area contributed by atoms with Gasteiger partial charge in [-0.05, 0) is 31.5 Å². The largest absolute Gasteiger partial charge is 0.455 e. The monoisotopic (exact) mass is 445 g/mol. The maximum Gasteiger partial charge on any atom is 0.251 e. The Balaban J connectivity index is 1.58. The van der Waals surface area contributed by atoms with Crippen molar-refractivity contribution in [2.24, 2.45) is 0 Å². The molecule has 0 saturated carbocycles.